The number of aliphatic hydroxyl groups is 1. The first-order valence-corrected chi connectivity index (χ1v) is 10.6. The Bertz CT molecular complexity index is 1040. The topological polar surface area (TPSA) is 64.1 Å². The number of rotatable bonds is 7. The molecule has 1 aliphatic rings. The van der Waals surface area contributed by atoms with Crippen LogP contribution in [0.25, 0.3) is 5.76 Å². The Hall–Kier alpha value is -3.19. The number of benzene rings is 2. The molecule has 7 heteroatoms. The van der Waals surface area contributed by atoms with Crippen molar-refractivity contribution >= 4 is 23.1 Å². The van der Waals surface area contributed by atoms with E-state index in [9.17, 15) is 19.1 Å². The molecule has 1 heterocycles. The number of hydrogen-bond acceptors (Lipinski definition) is 5. The number of aliphatic hydroxyl groups excluding tert-OH is 1. The third kappa shape index (κ3) is 4.67. The summed E-state index contributed by atoms with van der Waals surface area (Å²) in [6.07, 6.45) is 0.683. The van der Waals surface area contributed by atoms with E-state index in [-0.39, 0.29) is 11.3 Å². The number of hydrogen-bond donors (Lipinski definition) is 1. The van der Waals surface area contributed by atoms with Gasteiger partial charge in [0.25, 0.3) is 11.7 Å². The summed E-state index contributed by atoms with van der Waals surface area (Å²) in [7, 11) is 7.75. The molecule has 3 rings (SSSR count). The van der Waals surface area contributed by atoms with E-state index >= 15 is 0 Å². The zero-order valence-electron chi connectivity index (χ0n) is 19.2. The van der Waals surface area contributed by atoms with Crippen LogP contribution in [0.5, 0.6) is 0 Å². The Morgan fingerprint density at radius 2 is 1.72 bits per heavy atom. The Morgan fingerprint density at radius 1 is 1.06 bits per heavy atom. The molecule has 1 fully saturated rings. The van der Waals surface area contributed by atoms with E-state index in [2.05, 4.69) is 0 Å². The summed E-state index contributed by atoms with van der Waals surface area (Å²) in [6, 6.07) is 11.0. The molecule has 1 atom stereocenters. The quantitative estimate of drug-likeness (QED) is 0.406. The molecular weight excluding hydrogens is 409 g/mol. The maximum atomic E-state index is 13.8. The van der Waals surface area contributed by atoms with Crippen LogP contribution >= 0.6 is 0 Å². The van der Waals surface area contributed by atoms with Gasteiger partial charge in [0.1, 0.15) is 11.6 Å². The second kappa shape index (κ2) is 9.53. The molecule has 2 aromatic carbocycles. The van der Waals surface area contributed by atoms with E-state index < -0.39 is 23.5 Å². The van der Waals surface area contributed by atoms with Gasteiger partial charge >= 0.3 is 0 Å². The number of amides is 1. The zero-order valence-corrected chi connectivity index (χ0v) is 19.2. The maximum absolute atomic E-state index is 13.8. The van der Waals surface area contributed by atoms with Gasteiger partial charge in [-0.3, -0.25) is 9.59 Å². The molecule has 32 heavy (non-hydrogen) atoms. The molecule has 2 aromatic rings. The van der Waals surface area contributed by atoms with Crippen LogP contribution in [-0.2, 0) is 9.59 Å². The van der Waals surface area contributed by atoms with Gasteiger partial charge in [-0.2, -0.15) is 0 Å². The van der Waals surface area contributed by atoms with Gasteiger partial charge in [-0.05, 0) is 75.4 Å². The molecule has 1 aliphatic heterocycles. The number of likely N-dealkylation sites (tertiary alicyclic amines) is 1. The molecule has 0 saturated carbocycles. The van der Waals surface area contributed by atoms with E-state index in [1.54, 1.807) is 6.92 Å². The minimum absolute atomic E-state index is 0.0310. The zero-order chi connectivity index (χ0) is 23.6. The lowest BCUT2D eigenvalue weighted by atomic mass is 9.94. The second-order valence-corrected chi connectivity index (χ2v) is 8.60. The summed E-state index contributed by atoms with van der Waals surface area (Å²) < 4.78 is 13.8. The highest BCUT2D eigenvalue weighted by Crippen LogP contribution is 2.40. The fraction of sp³-hybridized carbons (Fsp3) is 0.360. The van der Waals surface area contributed by atoms with Crippen molar-refractivity contribution in [2.24, 2.45) is 0 Å². The molecule has 0 radical (unpaired) electrons. The number of anilines is 1. The van der Waals surface area contributed by atoms with Crippen LogP contribution in [0.15, 0.2) is 48.0 Å². The molecule has 0 aromatic heterocycles. The van der Waals surface area contributed by atoms with Crippen LogP contribution in [-0.4, -0.2) is 67.9 Å². The van der Waals surface area contributed by atoms with Crippen molar-refractivity contribution in [3.63, 3.8) is 0 Å². The molecule has 1 amide bonds. The van der Waals surface area contributed by atoms with Gasteiger partial charge in [-0.15, -0.1) is 0 Å². The summed E-state index contributed by atoms with van der Waals surface area (Å²) in [5.74, 6) is -2.05. The van der Waals surface area contributed by atoms with Crippen molar-refractivity contribution in [2.45, 2.75) is 19.4 Å². The average Bonchev–Trinajstić information content (AvgIpc) is 3.00. The fourth-order valence-electron chi connectivity index (χ4n) is 3.92. The summed E-state index contributed by atoms with van der Waals surface area (Å²) in [5.41, 5.74) is 2.40. The molecule has 1 N–H and O–H groups in total. The number of ketones is 1. The molecular formula is C25H30FN3O3. The Kier molecular flexibility index (Phi) is 6.99. The maximum Gasteiger partial charge on any atom is 0.295 e. The van der Waals surface area contributed by atoms with Crippen molar-refractivity contribution in [3.8, 4) is 0 Å². The van der Waals surface area contributed by atoms with Gasteiger partial charge in [-0.25, -0.2) is 4.39 Å². The van der Waals surface area contributed by atoms with Gasteiger partial charge in [0.15, 0.2) is 0 Å². The van der Waals surface area contributed by atoms with Gasteiger partial charge < -0.3 is 19.8 Å². The monoisotopic (exact) mass is 439 g/mol. The third-order valence-electron chi connectivity index (χ3n) is 5.70. The van der Waals surface area contributed by atoms with E-state index in [4.69, 9.17) is 0 Å². The van der Waals surface area contributed by atoms with Gasteiger partial charge in [0.2, 0.25) is 0 Å². The number of Topliss-reactive ketones (excluding diaryl/α,β-unsaturated/α-hetero) is 1. The lowest BCUT2D eigenvalue weighted by molar-refractivity contribution is -0.139. The SMILES string of the molecule is Cc1cc(/C(O)=C2/C(=O)C(=O)N(CCCN(C)C)C2c2ccc(N(C)C)cc2)ccc1F. The van der Waals surface area contributed by atoms with Crippen molar-refractivity contribution in [3.05, 3.63) is 70.5 Å². The first-order chi connectivity index (χ1) is 15.1. The number of halogens is 1. The lowest BCUT2D eigenvalue weighted by Gasteiger charge is -2.26. The number of carbonyl (C=O) groups is 2. The van der Waals surface area contributed by atoms with Crippen molar-refractivity contribution in [1.29, 1.82) is 0 Å². The Labute approximate surface area is 188 Å². The number of nitrogens with zero attached hydrogens (tertiary/aromatic N) is 3. The molecule has 6 nitrogen and oxygen atoms in total. The van der Waals surface area contributed by atoms with Crippen LogP contribution in [0.1, 0.15) is 29.2 Å². The molecule has 1 unspecified atom stereocenters. The summed E-state index contributed by atoms with van der Waals surface area (Å²) >= 11 is 0. The smallest absolute Gasteiger partial charge is 0.295 e. The second-order valence-electron chi connectivity index (χ2n) is 8.60. The van der Waals surface area contributed by atoms with Crippen LogP contribution in [0.3, 0.4) is 0 Å². The number of aryl methyl sites for hydroxylation is 1. The summed E-state index contributed by atoms with van der Waals surface area (Å²) in [5, 5.41) is 11.1. The third-order valence-corrected chi connectivity index (χ3v) is 5.70. The standard InChI is InChI=1S/C25H30FN3O3/c1-16-15-18(9-12-20(16)26)23(30)21-22(17-7-10-19(11-8-17)28(4)5)29(25(32)24(21)31)14-6-13-27(2)3/h7-12,15,22,30H,6,13-14H2,1-5H3/b23-21-. The van der Waals surface area contributed by atoms with E-state index in [1.807, 2.05) is 62.3 Å². The van der Waals surface area contributed by atoms with Crippen molar-refractivity contribution in [2.75, 3.05) is 46.2 Å². The highest BCUT2D eigenvalue weighted by atomic mass is 19.1. The van der Waals surface area contributed by atoms with Gasteiger partial charge in [0, 0.05) is 31.9 Å². The van der Waals surface area contributed by atoms with Crippen LogP contribution in [0.2, 0.25) is 0 Å². The molecule has 1 saturated heterocycles. The Morgan fingerprint density at radius 3 is 2.28 bits per heavy atom. The van der Waals surface area contributed by atoms with E-state index in [1.165, 1.54) is 23.1 Å². The predicted octanol–water partition coefficient (Wildman–Crippen LogP) is 3.57. The first kappa shape index (κ1) is 23.5. The molecule has 0 bridgehead atoms. The van der Waals surface area contributed by atoms with Crippen molar-refractivity contribution in [1.82, 2.24) is 9.80 Å². The minimum Gasteiger partial charge on any atom is -0.507 e. The fourth-order valence-corrected chi connectivity index (χ4v) is 3.92. The molecule has 170 valence electrons. The van der Waals surface area contributed by atoms with E-state index in [0.717, 1.165) is 17.8 Å². The minimum atomic E-state index is -0.726. The highest BCUT2D eigenvalue weighted by Gasteiger charge is 2.45. The normalized spacial score (nSPS) is 18.0. The van der Waals surface area contributed by atoms with Gasteiger partial charge in [-0.1, -0.05) is 12.1 Å². The van der Waals surface area contributed by atoms with Crippen LogP contribution < -0.4 is 4.90 Å². The average molecular weight is 440 g/mol. The summed E-state index contributed by atoms with van der Waals surface area (Å²) in [6.45, 7) is 2.72. The first-order valence-electron chi connectivity index (χ1n) is 10.6. The van der Waals surface area contributed by atoms with Crippen LogP contribution in [0.4, 0.5) is 10.1 Å². The van der Waals surface area contributed by atoms with Crippen LogP contribution in [0, 0.1) is 12.7 Å². The van der Waals surface area contributed by atoms with Gasteiger partial charge in [0.05, 0.1) is 11.6 Å². The van der Waals surface area contributed by atoms with E-state index in [0.29, 0.717) is 24.1 Å². The highest BCUT2D eigenvalue weighted by molar-refractivity contribution is 6.46. The predicted molar refractivity (Wildman–Crippen MR) is 124 cm³/mol. The largest absolute Gasteiger partial charge is 0.507 e. The lowest BCUT2D eigenvalue weighted by Crippen LogP contribution is -2.32. The molecule has 0 aliphatic carbocycles. The number of carbonyl (C=O) groups excluding carboxylic acids is 2. The van der Waals surface area contributed by atoms with Crippen molar-refractivity contribution < 1.29 is 19.1 Å². The Balaban J connectivity index is 2.10. The molecule has 0 spiro atoms. The summed E-state index contributed by atoms with van der Waals surface area (Å²) in [4.78, 5) is 31.5.